The quantitative estimate of drug-likeness (QED) is 0.916. The van der Waals surface area contributed by atoms with Crippen LogP contribution in [0.4, 0.5) is 8.78 Å². The van der Waals surface area contributed by atoms with Gasteiger partial charge in [0.25, 0.3) is 0 Å². The van der Waals surface area contributed by atoms with Gasteiger partial charge < -0.3 is 5.73 Å². The zero-order valence-electron chi connectivity index (χ0n) is 10.1. The van der Waals surface area contributed by atoms with Crippen molar-refractivity contribution in [3.63, 3.8) is 0 Å². The molecule has 0 aliphatic carbocycles. The average molecular weight is 313 g/mol. The molecule has 19 heavy (non-hydrogen) atoms. The summed E-state index contributed by atoms with van der Waals surface area (Å²) in [6, 6.07) is 3.15. The smallest absolute Gasteiger partial charge is 0.246 e. The molecule has 1 heterocycles. The van der Waals surface area contributed by atoms with Crippen LogP contribution < -0.4 is 5.73 Å². The van der Waals surface area contributed by atoms with Crippen LogP contribution in [-0.2, 0) is 10.0 Å². The van der Waals surface area contributed by atoms with E-state index >= 15 is 0 Å². The van der Waals surface area contributed by atoms with Gasteiger partial charge in [-0.15, -0.1) is 12.4 Å². The van der Waals surface area contributed by atoms with Gasteiger partial charge in [-0.2, -0.15) is 4.31 Å². The third-order valence-electron chi connectivity index (χ3n) is 3.12. The molecular weight excluding hydrogens is 298 g/mol. The maximum Gasteiger partial charge on any atom is 0.246 e. The molecule has 1 aromatic carbocycles. The highest BCUT2D eigenvalue weighted by atomic mass is 35.5. The summed E-state index contributed by atoms with van der Waals surface area (Å²) < 4.78 is 52.0. The lowest BCUT2D eigenvalue weighted by Crippen LogP contribution is -2.30. The predicted octanol–water partition coefficient (Wildman–Crippen LogP) is 1.36. The van der Waals surface area contributed by atoms with Crippen molar-refractivity contribution in [3.8, 4) is 0 Å². The van der Waals surface area contributed by atoms with Gasteiger partial charge in [0, 0.05) is 13.1 Å². The molecule has 8 heteroatoms. The third-order valence-corrected chi connectivity index (χ3v) is 5.00. The Kier molecular flexibility index (Phi) is 5.26. The van der Waals surface area contributed by atoms with E-state index in [4.69, 9.17) is 5.73 Å². The molecule has 1 saturated heterocycles. The molecule has 1 aromatic rings. The van der Waals surface area contributed by atoms with Crippen molar-refractivity contribution < 1.29 is 17.2 Å². The van der Waals surface area contributed by atoms with Gasteiger partial charge >= 0.3 is 0 Å². The van der Waals surface area contributed by atoms with Gasteiger partial charge in [-0.1, -0.05) is 6.07 Å². The van der Waals surface area contributed by atoms with Crippen LogP contribution in [0.2, 0.25) is 0 Å². The number of rotatable bonds is 3. The summed E-state index contributed by atoms with van der Waals surface area (Å²) in [6.07, 6.45) is 0.646. The van der Waals surface area contributed by atoms with Crippen LogP contribution in [0.15, 0.2) is 23.1 Å². The fourth-order valence-corrected chi connectivity index (χ4v) is 3.64. The van der Waals surface area contributed by atoms with E-state index in [1.807, 2.05) is 0 Å². The van der Waals surface area contributed by atoms with E-state index in [0.29, 0.717) is 19.5 Å². The summed E-state index contributed by atoms with van der Waals surface area (Å²) in [5.74, 6) is -2.41. The van der Waals surface area contributed by atoms with Gasteiger partial charge in [0.1, 0.15) is 4.90 Å². The van der Waals surface area contributed by atoms with Gasteiger partial charge in [0.2, 0.25) is 10.0 Å². The van der Waals surface area contributed by atoms with Crippen molar-refractivity contribution in [2.45, 2.75) is 11.3 Å². The van der Waals surface area contributed by atoms with Crippen molar-refractivity contribution in [2.75, 3.05) is 19.6 Å². The molecule has 0 radical (unpaired) electrons. The lowest BCUT2D eigenvalue weighted by atomic mass is 10.1. The van der Waals surface area contributed by atoms with Crippen molar-refractivity contribution in [2.24, 2.45) is 11.7 Å². The summed E-state index contributed by atoms with van der Waals surface area (Å²) in [5, 5.41) is 0. The van der Waals surface area contributed by atoms with Gasteiger partial charge in [-0.3, -0.25) is 0 Å². The minimum atomic E-state index is -3.97. The number of hydrogen-bond acceptors (Lipinski definition) is 3. The van der Waals surface area contributed by atoms with Crippen molar-refractivity contribution in [1.29, 1.82) is 0 Å². The Morgan fingerprint density at radius 3 is 2.63 bits per heavy atom. The lowest BCUT2D eigenvalue weighted by Gasteiger charge is -2.16. The zero-order valence-corrected chi connectivity index (χ0v) is 11.7. The van der Waals surface area contributed by atoms with Gasteiger partial charge in [0.05, 0.1) is 0 Å². The Morgan fingerprint density at radius 1 is 1.37 bits per heavy atom. The second-order valence-corrected chi connectivity index (χ2v) is 6.21. The first-order valence-electron chi connectivity index (χ1n) is 5.61. The predicted molar refractivity (Wildman–Crippen MR) is 69.5 cm³/mol. The van der Waals surface area contributed by atoms with Crippen LogP contribution in [0.3, 0.4) is 0 Å². The standard InChI is InChI=1S/C11H14F2N2O2S.ClH/c12-9-2-1-3-10(11(9)13)18(16,17)15-5-4-8(6-14)7-15;/h1-3,8H,4-7,14H2;1H. The van der Waals surface area contributed by atoms with E-state index in [1.54, 1.807) is 0 Å². The summed E-state index contributed by atoms with van der Waals surface area (Å²) in [7, 11) is -3.97. The monoisotopic (exact) mass is 312 g/mol. The van der Waals surface area contributed by atoms with Crippen LogP contribution in [0.1, 0.15) is 6.42 Å². The van der Waals surface area contributed by atoms with E-state index in [0.717, 1.165) is 16.4 Å². The van der Waals surface area contributed by atoms with E-state index in [9.17, 15) is 17.2 Å². The Balaban J connectivity index is 0.00000180. The first kappa shape index (κ1) is 16.3. The zero-order chi connectivity index (χ0) is 13.3. The maximum atomic E-state index is 13.5. The fraction of sp³-hybridized carbons (Fsp3) is 0.455. The first-order chi connectivity index (χ1) is 8.46. The summed E-state index contributed by atoms with van der Waals surface area (Å²) in [6.45, 7) is 0.937. The average Bonchev–Trinajstić information content (AvgIpc) is 2.81. The number of nitrogens with two attached hydrogens (primary N) is 1. The summed E-state index contributed by atoms with van der Waals surface area (Å²) in [5.41, 5.74) is 5.48. The number of sulfonamides is 1. The van der Waals surface area contributed by atoms with Crippen molar-refractivity contribution >= 4 is 22.4 Å². The Morgan fingerprint density at radius 2 is 2.05 bits per heavy atom. The molecule has 0 amide bonds. The molecule has 1 unspecified atom stereocenters. The molecule has 0 spiro atoms. The molecule has 0 aromatic heterocycles. The molecule has 1 aliphatic heterocycles. The highest BCUT2D eigenvalue weighted by Gasteiger charge is 2.34. The molecular formula is C11H15ClF2N2O2S. The molecule has 4 nitrogen and oxygen atoms in total. The summed E-state index contributed by atoms with van der Waals surface area (Å²) >= 11 is 0. The number of nitrogens with zero attached hydrogens (tertiary/aromatic N) is 1. The van der Waals surface area contributed by atoms with E-state index in [-0.39, 0.29) is 24.9 Å². The van der Waals surface area contributed by atoms with Crippen LogP contribution in [-0.4, -0.2) is 32.4 Å². The molecule has 2 N–H and O–H groups in total. The molecule has 0 saturated carbocycles. The minimum absolute atomic E-state index is 0. The molecule has 1 atom stereocenters. The van der Waals surface area contributed by atoms with E-state index < -0.39 is 26.6 Å². The largest absolute Gasteiger partial charge is 0.330 e. The molecule has 1 fully saturated rings. The Hall–Kier alpha value is -0.760. The highest BCUT2D eigenvalue weighted by Crippen LogP contribution is 2.26. The van der Waals surface area contributed by atoms with Crippen LogP contribution in [0.5, 0.6) is 0 Å². The normalized spacial score (nSPS) is 20.3. The van der Waals surface area contributed by atoms with Crippen LogP contribution >= 0.6 is 12.4 Å². The van der Waals surface area contributed by atoms with E-state index in [2.05, 4.69) is 0 Å². The number of hydrogen-bond donors (Lipinski definition) is 1. The van der Waals surface area contributed by atoms with E-state index in [1.165, 1.54) is 6.07 Å². The van der Waals surface area contributed by atoms with Crippen molar-refractivity contribution in [1.82, 2.24) is 4.31 Å². The second kappa shape index (κ2) is 6.13. The molecule has 1 aliphatic rings. The SMILES string of the molecule is Cl.NCC1CCN(S(=O)(=O)c2cccc(F)c2F)C1. The van der Waals surface area contributed by atoms with Gasteiger partial charge in [-0.05, 0) is 31.0 Å². The maximum absolute atomic E-state index is 13.5. The Bertz CT molecular complexity index is 554. The van der Waals surface area contributed by atoms with Gasteiger partial charge in [-0.25, -0.2) is 17.2 Å². The molecule has 108 valence electrons. The minimum Gasteiger partial charge on any atom is -0.330 e. The first-order valence-corrected chi connectivity index (χ1v) is 7.05. The van der Waals surface area contributed by atoms with Crippen LogP contribution in [0, 0.1) is 17.6 Å². The number of halogens is 3. The highest BCUT2D eigenvalue weighted by molar-refractivity contribution is 7.89. The second-order valence-electron chi connectivity index (χ2n) is 4.31. The van der Waals surface area contributed by atoms with Crippen LogP contribution in [0.25, 0.3) is 0 Å². The topological polar surface area (TPSA) is 63.4 Å². The fourth-order valence-electron chi connectivity index (χ4n) is 2.03. The third kappa shape index (κ3) is 3.05. The van der Waals surface area contributed by atoms with Crippen molar-refractivity contribution in [3.05, 3.63) is 29.8 Å². The number of benzene rings is 1. The summed E-state index contributed by atoms with van der Waals surface area (Å²) in [4.78, 5) is -0.611. The molecule has 2 rings (SSSR count). The Labute approximate surface area is 117 Å². The van der Waals surface area contributed by atoms with Gasteiger partial charge in [0.15, 0.2) is 11.6 Å². The molecule has 0 bridgehead atoms. The lowest BCUT2D eigenvalue weighted by molar-refractivity contribution is 0.443.